The Kier molecular flexibility index (Phi) is 8.29. The van der Waals surface area contributed by atoms with Gasteiger partial charge in [0.15, 0.2) is 0 Å². The summed E-state index contributed by atoms with van der Waals surface area (Å²) in [6.07, 6.45) is -1.99. The van der Waals surface area contributed by atoms with Crippen molar-refractivity contribution in [3.8, 4) is 5.69 Å². The van der Waals surface area contributed by atoms with Crippen LogP contribution >= 0.6 is 35.0 Å². The molecule has 11 nitrogen and oxygen atoms in total. The number of halogens is 5. The van der Waals surface area contributed by atoms with Gasteiger partial charge in [0.05, 0.1) is 20.5 Å². The topological polar surface area (TPSA) is 161 Å². The van der Waals surface area contributed by atoms with E-state index in [0.29, 0.717) is 23.0 Å². The van der Waals surface area contributed by atoms with E-state index in [2.05, 4.69) is 15.3 Å². The first kappa shape index (κ1) is 28.2. The molecule has 3 rings (SSSR count). The first-order valence-corrected chi connectivity index (χ1v) is 11.3. The summed E-state index contributed by atoms with van der Waals surface area (Å²) in [5.41, 5.74) is 3.56. The zero-order chi connectivity index (χ0) is 26.9. The lowest BCUT2D eigenvalue weighted by Crippen LogP contribution is -2.37. The van der Waals surface area contributed by atoms with Crippen LogP contribution in [0.3, 0.4) is 0 Å². The SMILES string of the molecule is CSc1nnc(C(C)(C)C)c(=O)n1N.Nc1c([N+](=O)[O-])cnn1-c1c(Cl)cc(C(F)(F)F)cc1Cl. The van der Waals surface area contributed by atoms with Crippen LogP contribution in [0.4, 0.5) is 24.7 Å². The van der Waals surface area contributed by atoms with Crippen LogP contribution in [0.25, 0.3) is 5.69 Å². The monoisotopic (exact) mass is 554 g/mol. The van der Waals surface area contributed by atoms with E-state index in [4.69, 9.17) is 34.8 Å². The molecule has 0 spiro atoms. The number of hydrogen-bond acceptors (Lipinski definition) is 9. The number of alkyl halides is 3. The fourth-order valence-corrected chi connectivity index (χ4v) is 3.64. The highest BCUT2D eigenvalue weighted by Crippen LogP contribution is 2.38. The van der Waals surface area contributed by atoms with E-state index >= 15 is 0 Å². The minimum atomic E-state index is -4.63. The molecule has 2 heterocycles. The molecule has 0 amide bonds. The molecule has 0 bridgehead atoms. The Labute approximate surface area is 210 Å². The quantitative estimate of drug-likeness (QED) is 0.210. The fraction of sp³-hybridized carbons (Fsp3) is 0.333. The van der Waals surface area contributed by atoms with Crippen LogP contribution in [0.5, 0.6) is 0 Å². The van der Waals surface area contributed by atoms with Gasteiger partial charge >= 0.3 is 11.9 Å². The number of aromatic nitrogens is 5. The van der Waals surface area contributed by atoms with Crippen molar-refractivity contribution in [3.63, 3.8) is 0 Å². The fourth-order valence-electron chi connectivity index (χ4n) is 2.59. The van der Waals surface area contributed by atoms with E-state index < -0.39 is 28.2 Å². The lowest BCUT2D eigenvalue weighted by molar-refractivity contribution is -0.383. The van der Waals surface area contributed by atoms with Gasteiger partial charge in [-0.25, -0.2) is 4.68 Å². The van der Waals surface area contributed by atoms with E-state index in [1.165, 1.54) is 11.8 Å². The van der Waals surface area contributed by atoms with Crippen LogP contribution < -0.4 is 17.1 Å². The molecule has 17 heteroatoms. The molecule has 190 valence electrons. The van der Waals surface area contributed by atoms with E-state index in [1.807, 2.05) is 20.8 Å². The second-order valence-corrected chi connectivity index (χ2v) is 9.42. The summed E-state index contributed by atoms with van der Waals surface area (Å²) in [4.78, 5) is 21.6. The molecule has 0 radical (unpaired) electrons. The number of rotatable bonds is 3. The van der Waals surface area contributed by atoms with Crippen molar-refractivity contribution in [2.45, 2.75) is 37.5 Å². The molecule has 0 aliphatic rings. The Balaban J connectivity index is 0.000000269. The maximum Gasteiger partial charge on any atom is 0.416 e. The highest BCUT2D eigenvalue weighted by Gasteiger charge is 2.33. The van der Waals surface area contributed by atoms with Crippen LogP contribution in [0, 0.1) is 10.1 Å². The van der Waals surface area contributed by atoms with E-state index in [-0.39, 0.29) is 26.7 Å². The Hall–Kier alpha value is -3.04. The summed E-state index contributed by atoms with van der Waals surface area (Å²) < 4.78 is 39.7. The second-order valence-electron chi connectivity index (χ2n) is 7.83. The first-order valence-electron chi connectivity index (χ1n) is 9.34. The largest absolute Gasteiger partial charge is 0.416 e. The molecule has 3 aromatic rings. The van der Waals surface area contributed by atoms with Gasteiger partial charge in [0, 0.05) is 5.41 Å². The molecule has 0 fully saturated rings. The van der Waals surface area contributed by atoms with E-state index in [0.717, 1.165) is 15.6 Å². The van der Waals surface area contributed by atoms with Gasteiger partial charge in [0.2, 0.25) is 11.0 Å². The molecule has 35 heavy (non-hydrogen) atoms. The van der Waals surface area contributed by atoms with Crippen molar-refractivity contribution in [2.24, 2.45) is 0 Å². The minimum Gasteiger partial charge on any atom is -0.378 e. The van der Waals surface area contributed by atoms with Crippen LogP contribution in [0.1, 0.15) is 32.0 Å². The summed E-state index contributed by atoms with van der Waals surface area (Å²) >= 11 is 12.8. The molecule has 0 aliphatic heterocycles. The van der Waals surface area contributed by atoms with E-state index in [1.54, 1.807) is 6.26 Å². The molecule has 0 atom stereocenters. The van der Waals surface area contributed by atoms with Gasteiger partial charge < -0.3 is 11.6 Å². The molecule has 0 saturated carbocycles. The minimum absolute atomic E-state index is 0.170. The van der Waals surface area contributed by atoms with Crippen molar-refractivity contribution < 1.29 is 18.1 Å². The molecule has 0 saturated heterocycles. The molecule has 0 unspecified atom stereocenters. The molecule has 4 N–H and O–H groups in total. The molecule has 0 aliphatic carbocycles. The first-order chi connectivity index (χ1) is 16.0. The maximum atomic E-state index is 12.6. The zero-order valence-corrected chi connectivity index (χ0v) is 20.9. The van der Waals surface area contributed by atoms with Gasteiger partial charge in [-0.05, 0) is 18.4 Å². The van der Waals surface area contributed by atoms with Crippen molar-refractivity contribution in [3.05, 3.63) is 60.1 Å². The lowest BCUT2D eigenvalue weighted by atomic mass is 9.93. The summed E-state index contributed by atoms with van der Waals surface area (Å²) in [7, 11) is 0. The number of nitrogen functional groups attached to an aromatic ring is 2. The van der Waals surface area contributed by atoms with Crippen molar-refractivity contribution >= 4 is 46.5 Å². The number of nitro groups is 1. The average Bonchev–Trinajstić information content (AvgIpc) is 3.09. The predicted molar refractivity (Wildman–Crippen MR) is 127 cm³/mol. The van der Waals surface area contributed by atoms with Crippen LogP contribution in [-0.2, 0) is 11.6 Å². The number of benzene rings is 1. The Bertz CT molecular complexity index is 1300. The highest BCUT2D eigenvalue weighted by atomic mass is 35.5. The van der Waals surface area contributed by atoms with Gasteiger partial charge in [-0.15, -0.1) is 10.2 Å². The van der Waals surface area contributed by atoms with Crippen molar-refractivity contribution in [1.82, 2.24) is 24.7 Å². The zero-order valence-electron chi connectivity index (χ0n) is 18.6. The molecular weight excluding hydrogens is 536 g/mol. The third kappa shape index (κ3) is 6.15. The Morgan fingerprint density at radius 1 is 1.14 bits per heavy atom. The van der Waals surface area contributed by atoms with Gasteiger partial charge in [0.25, 0.3) is 5.56 Å². The van der Waals surface area contributed by atoms with Gasteiger partial charge in [-0.2, -0.15) is 22.9 Å². The number of anilines is 1. The third-order valence-electron chi connectivity index (χ3n) is 4.29. The standard InChI is InChI=1S/C10H5Cl2F3N4O2.C8H14N4OS/c11-5-1-4(10(13,14)15)2-6(12)8(5)18-9(16)7(3-17-18)19(20)21;1-8(2,3)5-6(13)12(9)7(14-4)11-10-5/h1-3H,16H2;9H2,1-4H3. The Morgan fingerprint density at radius 3 is 2.09 bits per heavy atom. The summed E-state index contributed by atoms with van der Waals surface area (Å²) in [5, 5.41) is 21.7. The normalized spacial score (nSPS) is 11.7. The molecule has 2 aromatic heterocycles. The van der Waals surface area contributed by atoms with Crippen LogP contribution in [0.15, 0.2) is 28.3 Å². The van der Waals surface area contributed by atoms with Crippen LogP contribution in [-0.4, -0.2) is 35.8 Å². The number of nitrogens with two attached hydrogens (primary N) is 2. The Morgan fingerprint density at radius 2 is 1.69 bits per heavy atom. The maximum absolute atomic E-state index is 12.6. The molecule has 1 aromatic carbocycles. The van der Waals surface area contributed by atoms with Gasteiger partial charge in [-0.3, -0.25) is 14.9 Å². The summed E-state index contributed by atoms with van der Waals surface area (Å²) in [5.74, 6) is 5.17. The lowest BCUT2D eigenvalue weighted by Gasteiger charge is -2.16. The van der Waals surface area contributed by atoms with Gasteiger partial charge in [0.1, 0.15) is 17.6 Å². The summed E-state index contributed by atoms with van der Waals surface area (Å²) in [6.45, 7) is 5.70. The summed E-state index contributed by atoms with van der Waals surface area (Å²) in [6, 6.07) is 1.27. The second kappa shape index (κ2) is 10.3. The van der Waals surface area contributed by atoms with Gasteiger partial charge in [-0.1, -0.05) is 55.7 Å². The predicted octanol–water partition coefficient (Wildman–Crippen LogP) is 4.06. The van der Waals surface area contributed by atoms with Crippen molar-refractivity contribution in [1.29, 1.82) is 0 Å². The van der Waals surface area contributed by atoms with E-state index in [9.17, 15) is 28.1 Å². The number of nitrogens with zero attached hydrogens (tertiary/aromatic N) is 6. The highest BCUT2D eigenvalue weighted by molar-refractivity contribution is 7.98. The van der Waals surface area contributed by atoms with Crippen molar-refractivity contribution in [2.75, 3.05) is 17.8 Å². The third-order valence-corrected chi connectivity index (χ3v) is 5.51. The van der Waals surface area contributed by atoms with Crippen LogP contribution in [0.2, 0.25) is 10.0 Å². The number of thioether (sulfide) groups is 1. The average molecular weight is 555 g/mol. The number of hydrogen-bond donors (Lipinski definition) is 2. The smallest absolute Gasteiger partial charge is 0.378 e. The molecular formula is C18H19Cl2F3N8O3S.